The van der Waals surface area contributed by atoms with Crippen molar-refractivity contribution < 1.29 is 14.3 Å². The van der Waals surface area contributed by atoms with Crippen molar-refractivity contribution in [2.45, 2.75) is 13.2 Å². The number of rotatable bonds is 2. The summed E-state index contributed by atoms with van der Waals surface area (Å²) in [4.78, 5) is 12.1. The highest BCUT2D eigenvalue weighted by Gasteiger charge is 2.28. The maximum absolute atomic E-state index is 12.1. The third-order valence-corrected chi connectivity index (χ3v) is 3.26. The van der Waals surface area contributed by atoms with Crippen LogP contribution in [-0.2, 0) is 4.74 Å². The van der Waals surface area contributed by atoms with Crippen LogP contribution in [0.4, 0.5) is 0 Å². The standard InChI is InChI=1S/C17H14O3/c1-3-12-6-9-15-14(10-12)16(18)20-17(19-15)13-7-4-11(2)5-8-13/h3-10,17H,1H2,2H3. The lowest BCUT2D eigenvalue weighted by Crippen LogP contribution is -2.23. The first-order chi connectivity index (χ1) is 9.67. The van der Waals surface area contributed by atoms with Crippen molar-refractivity contribution in [2.75, 3.05) is 0 Å². The number of ether oxygens (including phenoxy) is 2. The number of hydrogen-bond acceptors (Lipinski definition) is 3. The molecule has 0 saturated heterocycles. The normalized spacial score (nSPS) is 16.9. The first-order valence-electron chi connectivity index (χ1n) is 6.38. The lowest BCUT2D eigenvalue weighted by atomic mass is 10.1. The lowest BCUT2D eigenvalue weighted by Gasteiger charge is -2.26. The third kappa shape index (κ3) is 2.18. The van der Waals surface area contributed by atoms with Gasteiger partial charge >= 0.3 is 5.97 Å². The number of cyclic esters (lactones) is 1. The Morgan fingerprint density at radius 3 is 2.55 bits per heavy atom. The van der Waals surface area contributed by atoms with E-state index in [2.05, 4.69) is 6.58 Å². The van der Waals surface area contributed by atoms with Gasteiger partial charge in [-0.2, -0.15) is 0 Å². The van der Waals surface area contributed by atoms with Gasteiger partial charge in [-0.25, -0.2) is 4.79 Å². The minimum absolute atomic E-state index is 0.375. The molecule has 1 heterocycles. The van der Waals surface area contributed by atoms with E-state index in [0.29, 0.717) is 11.3 Å². The van der Waals surface area contributed by atoms with Gasteiger partial charge in [-0.3, -0.25) is 0 Å². The minimum Gasteiger partial charge on any atom is -0.450 e. The topological polar surface area (TPSA) is 35.5 Å². The maximum Gasteiger partial charge on any atom is 0.345 e. The number of carbonyl (C=O) groups excluding carboxylic acids is 1. The fourth-order valence-electron chi connectivity index (χ4n) is 2.10. The molecule has 2 aromatic carbocycles. The molecule has 3 heteroatoms. The molecule has 0 amide bonds. The molecule has 3 nitrogen and oxygen atoms in total. The van der Waals surface area contributed by atoms with Crippen LogP contribution in [0, 0.1) is 6.92 Å². The smallest absolute Gasteiger partial charge is 0.345 e. The number of fused-ring (bicyclic) bond motifs is 1. The Morgan fingerprint density at radius 2 is 1.85 bits per heavy atom. The number of aryl methyl sites for hydroxylation is 1. The molecule has 3 rings (SSSR count). The van der Waals surface area contributed by atoms with E-state index in [4.69, 9.17) is 9.47 Å². The molecule has 0 aliphatic carbocycles. The van der Waals surface area contributed by atoms with Crippen LogP contribution in [0.25, 0.3) is 6.08 Å². The zero-order valence-electron chi connectivity index (χ0n) is 11.1. The van der Waals surface area contributed by atoms with Gasteiger partial charge in [0.1, 0.15) is 11.3 Å². The van der Waals surface area contributed by atoms with E-state index in [1.165, 1.54) is 0 Å². The average molecular weight is 266 g/mol. The zero-order chi connectivity index (χ0) is 14.1. The molecule has 20 heavy (non-hydrogen) atoms. The van der Waals surface area contributed by atoms with E-state index >= 15 is 0 Å². The molecule has 1 atom stereocenters. The Morgan fingerprint density at radius 1 is 1.10 bits per heavy atom. The van der Waals surface area contributed by atoms with Crippen molar-refractivity contribution in [2.24, 2.45) is 0 Å². The second kappa shape index (κ2) is 4.85. The Kier molecular flexibility index (Phi) is 3.03. The lowest BCUT2D eigenvalue weighted by molar-refractivity contribution is -0.0624. The number of esters is 1. The molecule has 100 valence electrons. The summed E-state index contributed by atoms with van der Waals surface area (Å²) in [5.41, 5.74) is 3.26. The molecule has 0 bridgehead atoms. The van der Waals surface area contributed by atoms with Gasteiger partial charge in [-0.1, -0.05) is 48.6 Å². The highest BCUT2D eigenvalue weighted by Crippen LogP contribution is 2.33. The Labute approximate surface area is 117 Å². The fourth-order valence-corrected chi connectivity index (χ4v) is 2.10. The van der Waals surface area contributed by atoms with E-state index in [0.717, 1.165) is 16.7 Å². The van der Waals surface area contributed by atoms with Crippen LogP contribution in [0.3, 0.4) is 0 Å². The van der Waals surface area contributed by atoms with Crippen LogP contribution in [-0.4, -0.2) is 5.97 Å². The number of hydrogen-bond donors (Lipinski definition) is 0. The predicted molar refractivity (Wildman–Crippen MR) is 76.5 cm³/mol. The zero-order valence-corrected chi connectivity index (χ0v) is 11.1. The van der Waals surface area contributed by atoms with Crippen molar-refractivity contribution in [3.8, 4) is 5.75 Å². The summed E-state index contributed by atoms with van der Waals surface area (Å²) in [5.74, 6) is 0.165. The molecule has 1 aliphatic heterocycles. The molecule has 0 aromatic heterocycles. The van der Waals surface area contributed by atoms with Crippen molar-refractivity contribution >= 4 is 12.0 Å². The Hall–Kier alpha value is -2.55. The van der Waals surface area contributed by atoms with Crippen molar-refractivity contribution in [1.82, 2.24) is 0 Å². The Balaban J connectivity index is 1.94. The summed E-state index contributed by atoms with van der Waals surface area (Å²) in [5, 5.41) is 0. The van der Waals surface area contributed by atoms with Gasteiger partial charge in [0.15, 0.2) is 0 Å². The SMILES string of the molecule is C=Cc1ccc2c(c1)C(=O)OC(c1ccc(C)cc1)O2. The molecule has 0 N–H and O–H groups in total. The first-order valence-corrected chi connectivity index (χ1v) is 6.38. The third-order valence-electron chi connectivity index (χ3n) is 3.26. The number of benzene rings is 2. The molecular weight excluding hydrogens is 252 g/mol. The number of carbonyl (C=O) groups is 1. The quantitative estimate of drug-likeness (QED) is 0.774. The molecule has 1 aliphatic rings. The van der Waals surface area contributed by atoms with Gasteiger partial charge in [0.05, 0.1) is 0 Å². The summed E-state index contributed by atoms with van der Waals surface area (Å²) >= 11 is 0. The molecule has 0 fully saturated rings. The maximum atomic E-state index is 12.1. The van der Waals surface area contributed by atoms with Crippen LogP contribution in [0.2, 0.25) is 0 Å². The van der Waals surface area contributed by atoms with Crippen LogP contribution < -0.4 is 4.74 Å². The van der Waals surface area contributed by atoms with Gasteiger partial charge in [-0.05, 0) is 24.6 Å². The molecule has 0 saturated carbocycles. The van der Waals surface area contributed by atoms with Crippen molar-refractivity contribution in [3.63, 3.8) is 0 Å². The van der Waals surface area contributed by atoms with Crippen LogP contribution in [0.15, 0.2) is 49.0 Å². The monoisotopic (exact) mass is 266 g/mol. The highest BCUT2D eigenvalue weighted by atomic mass is 16.7. The molecule has 0 radical (unpaired) electrons. The Bertz CT molecular complexity index is 671. The summed E-state index contributed by atoms with van der Waals surface area (Å²) in [6, 6.07) is 13.1. The van der Waals surface area contributed by atoms with Gasteiger partial charge in [0.2, 0.25) is 0 Å². The summed E-state index contributed by atoms with van der Waals surface area (Å²) < 4.78 is 11.1. The van der Waals surface area contributed by atoms with E-state index in [9.17, 15) is 4.79 Å². The van der Waals surface area contributed by atoms with Gasteiger partial charge in [-0.15, -0.1) is 0 Å². The molecule has 2 aromatic rings. The van der Waals surface area contributed by atoms with E-state index in [1.54, 1.807) is 18.2 Å². The minimum atomic E-state index is -0.690. The first kappa shape index (κ1) is 12.5. The van der Waals surface area contributed by atoms with Crippen molar-refractivity contribution in [1.29, 1.82) is 0 Å². The summed E-state index contributed by atoms with van der Waals surface area (Å²) in [7, 11) is 0. The fraction of sp³-hybridized carbons (Fsp3) is 0.118. The second-order valence-corrected chi connectivity index (χ2v) is 4.73. The predicted octanol–water partition coefficient (Wildman–Crippen LogP) is 3.89. The van der Waals surface area contributed by atoms with Crippen LogP contribution in [0.1, 0.15) is 33.3 Å². The van der Waals surface area contributed by atoms with E-state index < -0.39 is 6.29 Å². The van der Waals surface area contributed by atoms with E-state index in [-0.39, 0.29) is 5.97 Å². The molecular formula is C17H14O3. The van der Waals surface area contributed by atoms with Crippen molar-refractivity contribution in [3.05, 3.63) is 71.3 Å². The van der Waals surface area contributed by atoms with Crippen LogP contribution >= 0.6 is 0 Å². The van der Waals surface area contributed by atoms with Gasteiger partial charge in [0.25, 0.3) is 6.29 Å². The molecule has 1 unspecified atom stereocenters. The summed E-state index contributed by atoms with van der Waals surface area (Å²) in [6.07, 6.45) is 0.991. The van der Waals surface area contributed by atoms with Crippen LogP contribution in [0.5, 0.6) is 5.75 Å². The van der Waals surface area contributed by atoms with Gasteiger partial charge in [0, 0.05) is 5.56 Å². The largest absolute Gasteiger partial charge is 0.450 e. The van der Waals surface area contributed by atoms with E-state index in [1.807, 2.05) is 37.3 Å². The molecule has 0 spiro atoms. The average Bonchev–Trinajstić information content (AvgIpc) is 2.47. The second-order valence-electron chi connectivity index (χ2n) is 4.73. The highest BCUT2D eigenvalue weighted by molar-refractivity contribution is 5.94. The summed E-state index contributed by atoms with van der Waals surface area (Å²) in [6.45, 7) is 5.69. The van der Waals surface area contributed by atoms with Gasteiger partial charge < -0.3 is 9.47 Å².